The number of ether oxygens (including phenoxy) is 1. The summed E-state index contributed by atoms with van der Waals surface area (Å²) < 4.78 is 6.08. The van der Waals surface area contributed by atoms with Crippen LogP contribution in [-0.2, 0) is 9.53 Å². The molecular weight excluding hydrogens is 259 g/mol. The van der Waals surface area contributed by atoms with Crippen LogP contribution in [0, 0.1) is 0 Å². The van der Waals surface area contributed by atoms with Crippen LogP contribution in [0.1, 0.15) is 13.8 Å². The van der Waals surface area contributed by atoms with E-state index >= 15 is 0 Å². The topological polar surface area (TPSA) is 26.3 Å². The number of carbonyl (C=O) groups is 1. The van der Waals surface area contributed by atoms with Crippen molar-refractivity contribution in [2.24, 2.45) is 0 Å². The Balaban J connectivity index is 4.26. The van der Waals surface area contributed by atoms with Crippen molar-refractivity contribution in [3.05, 3.63) is 9.67 Å². The van der Waals surface area contributed by atoms with Crippen LogP contribution >= 0.6 is 0 Å². The number of esters is 1. The van der Waals surface area contributed by atoms with Gasteiger partial charge in [-0.1, -0.05) is 0 Å². The zero-order chi connectivity index (χ0) is 9.78. The third-order valence-electron chi connectivity index (χ3n) is 1.80. The number of hydrogen-bond acceptors (Lipinski definition) is 2. The molecule has 0 aliphatic heterocycles. The molecule has 2 nitrogen and oxygen atoms in total. The molecule has 0 bridgehead atoms. The molecule has 0 radical (unpaired) electrons. The van der Waals surface area contributed by atoms with E-state index in [1.165, 1.54) is 3.59 Å². The quantitative estimate of drug-likeness (QED) is 0.449. The molecule has 0 aromatic carbocycles. The van der Waals surface area contributed by atoms with E-state index in [0.29, 0.717) is 6.61 Å². The van der Waals surface area contributed by atoms with Crippen LogP contribution in [0.2, 0.25) is 14.8 Å². The van der Waals surface area contributed by atoms with Gasteiger partial charge in [0.2, 0.25) is 0 Å². The standard InChI is InChI=1S/C6H9O2.3CH3.Sn/c1-3-5-6(7)8-4-2;;;;/h5H,4H2,1-2H3;3*1H3;. The molecule has 0 unspecified atom stereocenters. The molecule has 0 aromatic heterocycles. The summed E-state index contributed by atoms with van der Waals surface area (Å²) in [6, 6.07) is 0. The minimum absolute atomic E-state index is 0.193. The molecule has 0 aliphatic carbocycles. The average Bonchev–Trinajstić information content (AvgIpc) is 1.85. The Morgan fingerprint density at radius 2 is 1.92 bits per heavy atom. The fourth-order valence-electron chi connectivity index (χ4n) is 0.577. The molecule has 12 heavy (non-hydrogen) atoms. The van der Waals surface area contributed by atoms with E-state index in [4.69, 9.17) is 4.74 Å². The van der Waals surface area contributed by atoms with Crippen LogP contribution in [0.25, 0.3) is 0 Å². The van der Waals surface area contributed by atoms with Gasteiger partial charge in [0, 0.05) is 0 Å². The molecule has 0 saturated heterocycles. The second-order valence-electron chi connectivity index (χ2n) is 3.83. The van der Waals surface area contributed by atoms with Crippen LogP contribution in [0.4, 0.5) is 0 Å². The van der Waals surface area contributed by atoms with E-state index in [2.05, 4.69) is 14.8 Å². The normalized spacial score (nSPS) is 12.9. The van der Waals surface area contributed by atoms with Crippen molar-refractivity contribution in [2.75, 3.05) is 6.61 Å². The fourth-order valence-corrected chi connectivity index (χ4v) is 2.15. The van der Waals surface area contributed by atoms with Gasteiger partial charge in [-0.15, -0.1) is 0 Å². The van der Waals surface area contributed by atoms with Crippen molar-refractivity contribution in [3.8, 4) is 0 Å². The number of carbonyl (C=O) groups excluding carboxylic acids is 1. The molecule has 0 amide bonds. The molecular formula is C9H18O2Sn. The van der Waals surface area contributed by atoms with Crippen LogP contribution in [-0.4, -0.2) is 31.0 Å². The first kappa shape index (κ1) is 12.0. The summed E-state index contributed by atoms with van der Waals surface area (Å²) in [5.41, 5.74) is 0. The van der Waals surface area contributed by atoms with Gasteiger partial charge < -0.3 is 0 Å². The number of allylic oxidation sites excluding steroid dienone is 1. The molecule has 0 atom stereocenters. The van der Waals surface area contributed by atoms with Gasteiger partial charge in [0.05, 0.1) is 0 Å². The van der Waals surface area contributed by atoms with Gasteiger partial charge >= 0.3 is 78.8 Å². The minimum atomic E-state index is -1.98. The van der Waals surface area contributed by atoms with Crippen molar-refractivity contribution in [1.29, 1.82) is 0 Å². The van der Waals surface area contributed by atoms with Gasteiger partial charge in [-0.25, -0.2) is 0 Å². The Bertz CT molecular complexity index is 189. The van der Waals surface area contributed by atoms with E-state index in [1.807, 2.05) is 13.8 Å². The third kappa shape index (κ3) is 4.80. The molecule has 0 rings (SSSR count). The molecule has 70 valence electrons. The van der Waals surface area contributed by atoms with Crippen LogP contribution < -0.4 is 0 Å². The van der Waals surface area contributed by atoms with Gasteiger partial charge in [-0.3, -0.25) is 0 Å². The maximum absolute atomic E-state index is 11.0. The Hall–Kier alpha value is 0.00870. The molecule has 0 heterocycles. The number of rotatable bonds is 3. The van der Waals surface area contributed by atoms with Gasteiger partial charge in [0.25, 0.3) is 0 Å². The summed E-state index contributed by atoms with van der Waals surface area (Å²) in [7, 11) is 0. The predicted octanol–water partition coefficient (Wildman–Crippen LogP) is 2.37. The molecule has 0 fully saturated rings. The van der Waals surface area contributed by atoms with E-state index in [0.717, 1.165) is 0 Å². The van der Waals surface area contributed by atoms with Crippen LogP contribution in [0.3, 0.4) is 0 Å². The number of hydrogen-bond donors (Lipinski definition) is 0. The monoisotopic (exact) mass is 278 g/mol. The zero-order valence-electron chi connectivity index (χ0n) is 8.60. The summed E-state index contributed by atoms with van der Waals surface area (Å²) in [6.45, 7) is 4.32. The van der Waals surface area contributed by atoms with E-state index in [9.17, 15) is 4.79 Å². The summed E-state index contributed by atoms with van der Waals surface area (Å²) in [5, 5.41) is 0. The Labute approximate surface area is 78.9 Å². The van der Waals surface area contributed by atoms with Crippen molar-refractivity contribution < 1.29 is 9.53 Å². The first-order chi connectivity index (χ1) is 5.38. The summed E-state index contributed by atoms with van der Waals surface area (Å²) >= 11 is -1.98. The van der Waals surface area contributed by atoms with Crippen molar-refractivity contribution in [2.45, 2.75) is 28.7 Å². The molecule has 0 aliphatic rings. The SMILES string of the molecule is CCOC(=O)/C=[C](\C)[Sn]([CH3])([CH3])[CH3]. The second-order valence-corrected chi connectivity index (χ2v) is 18.9. The Morgan fingerprint density at radius 3 is 2.25 bits per heavy atom. The van der Waals surface area contributed by atoms with E-state index in [1.54, 1.807) is 6.08 Å². The molecule has 0 spiro atoms. The van der Waals surface area contributed by atoms with Gasteiger partial charge in [0.15, 0.2) is 0 Å². The van der Waals surface area contributed by atoms with Crippen LogP contribution in [0.15, 0.2) is 9.67 Å². The summed E-state index contributed by atoms with van der Waals surface area (Å²) in [6.07, 6.45) is 1.65. The van der Waals surface area contributed by atoms with E-state index in [-0.39, 0.29) is 5.97 Å². The van der Waals surface area contributed by atoms with E-state index < -0.39 is 18.4 Å². The molecule has 0 aromatic rings. The Morgan fingerprint density at radius 1 is 1.42 bits per heavy atom. The molecule has 0 N–H and O–H groups in total. The van der Waals surface area contributed by atoms with Crippen molar-refractivity contribution in [1.82, 2.24) is 0 Å². The summed E-state index contributed by atoms with van der Waals surface area (Å²) in [5.74, 6) is -0.193. The molecule has 3 heteroatoms. The second kappa shape index (κ2) is 4.90. The third-order valence-corrected chi connectivity index (χ3v) is 8.97. The van der Waals surface area contributed by atoms with Crippen molar-refractivity contribution >= 4 is 24.3 Å². The first-order valence-corrected chi connectivity index (χ1v) is 14.2. The molecule has 0 saturated carbocycles. The van der Waals surface area contributed by atoms with Gasteiger partial charge in [-0.2, -0.15) is 0 Å². The Kier molecular flexibility index (Phi) is 4.90. The maximum atomic E-state index is 11.0. The predicted molar refractivity (Wildman–Crippen MR) is 53.7 cm³/mol. The van der Waals surface area contributed by atoms with Crippen LogP contribution in [0.5, 0.6) is 0 Å². The fraction of sp³-hybridized carbons (Fsp3) is 0.667. The van der Waals surface area contributed by atoms with Crippen molar-refractivity contribution in [3.63, 3.8) is 0 Å². The van der Waals surface area contributed by atoms with Gasteiger partial charge in [0.1, 0.15) is 0 Å². The van der Waals surface area contributed by atoms with Gasteiger partial charge in [-0.05, 0) is 0 Å². The first-order valence-electron chi connectivity index (χ1n) is 4.23. The summed E-state index contributed by atoms with van der Waals surface area (Å²) in [4.78, 5) is 17.9. The average molecular weight is 277 g/mol. The zero-order valence-corrected chi connectivity index (χ0v) is 11.5.